The lowest BCUT2D eigenvalue weighted by atomic mass is 10.1. The lowest BCUT2D eigenvalue weighted by molar-refractivity contribution is 0.198. The summed E-state index contributed by atoms with van der Waals surface area (Å²) in [7, 11) is -3.00. The van der Waals surface area contributed by atoms with Crippen LogP contribution in [0.5, 0.6) is 5.75 Å². The van der Waals surface area contributed by atoms with Crippen LogP contribution in [0, 0.1) is 0 Å². The molecule has 90 valence electrons. The van der Waals surface area contributed by atoms with E-state index in [1.165, 1.54) is 6.26 Å². The maximum Gasteiger partial charge on any atom is 0.150 e. The van der Waals surface area contributed by atoms with Gasteiger partial charge in [-0.3, -0.25) is 0 Å². The minimum Gasteiger partial charge on any atom is -0.493 e. The number of aliphatic hydroxyl groups excluding tert-OH is 1. The molecule has 4 nitrogen and oxygen atoms in total. The molecule has 5 heteroatoms. The van der Waals surface area contributed by atoms with E-state index in [1.807, 2.05) is 0 Å². The summed E-state index contributed by atoms with van der Waals surface area (Å²) in [6.45, 7) is 1.79. The Balaban J connectivity index is 2.58. The number of sulfone groups is 1. The van der Waals surface area contributed by atoms with Gasteiger partial charge in [-0.1, -0.05) is 12.1 Å². The Morgan fingerprint density at radius 3 is 2.69 bits per heavy atom. The minimum absolute atomic E-state index is 0.00803. The SMILES string of the molecule is CC(O)c1cccc(OCCS(C)(=O)=O)c1. The molecule has 0 amide bonds. The van der Waals surface area contributed by atoms with Crippen LogP contribution < -0.4 is 4.74 Å². The highest BCUT2D eigenvalue weighted by atomic mass is 32.2. The molecule has 1 aromatic carbocycles. The number of benzene rings is 1. The van der Waals surface area contributed by atoms with Crippen molar-refractivity contribution >= 4 is 9.84 Å². The normalized spacial score (nSPS) is 13.4. The predicted molar refractivity (Wildman–Crippen MR) is 62.3 cm³/mol. The predicted octanol–water partition coefficient (Wildman–Crippen LogP) is 1.16. The quantitative estimate of drug-likeness (QED) is 0.844. The van der Waals surface area contributed by atoms with E-state index in [4.69, 9.17) is 4.74 Å². The van der Waals surface area contributed by atoms with Gasteiger partial charge in [-0.05, 0) is 24.6 Å². The molecule has 0 aliphatic rings. The Morgan fingerprint density at radius 1 is 1.44 bits per heavy atom. The van der Waals surface area contributed by atoms with Gasteiger partial charge in [0.25, 0.3) is 0 Å². The fraction of sp³-hybridized carbons (Fsp3) is 0.455. The molecule has 0 bridgehead atoms. The van der Waals surface area contributed by atoms with Crippen LogP contribution in [0.4, 0.5) is 0 Å². The Morgan fingerprint density at radius 2 is 2.12 bits per heavy atom. The van der Waals surface area contributed by atoms with Crippen molar-refractivity contribution < 1.29 is 18.3 Å². The molecule has 1 unspecified atom stereocenters. The maximum atomic E-state index is 10.9. The molecular weight excluding hydrogens is 228 g/mol. The van der Waals surface area contributed by atoms with Gasteiger partial charge < -0.3 is 9.84 Å². The summed E-state index contributed by atoms with van der Waals surface area (Å²) in [5, 5.41) is 9.35. The van der Waals surface area contributed by atoms with Crippen LogP contribution >= 0.6 is 0 Å². The van der Waals surface area contributed by atoms with E-state index in [0.717, 1.165) is 5.56 Å². The van der Waals surface area contributed by atoms with Crippen molar-refractivity contribution in [3.05, 3.63) is 29.8 Å². The summed E-state index contributed by atoms with van der Waals surface area (Å²) < 4.78 is 27.0. The topological polar surface area (TPSA) is 63.6 Å². The van der Waals surface area contributed by atoms with Crippen molar-refractivity contribution in [3.8, 4) is 5.75 Å². The van der Waals surface area contributed by atoms with Crippen LogP contribution in [0.3, 0.4) is 0 Å². The highest BCUT2D eigenvalue weighted by molar-refractivity contribution is 7.90. The summed E-state index contributed by atoms with van der Waals surface area (Å²) >= 11 is 0. The summed E-state index contributed by atoms with van der Waals surface area (Å²) in [5.41, 5.74) is 0.747. The summed E-state index contributed by atoms with van der Waals surface area (Å²) in [6, 6.07) is 6.98. The second-order valence-electron chi connectivity index (χ2n) is 3.73. The lowest BCUT2D eigenvalue weighted by Crippen LogP contribution is -2.12. The van der Waals surface area contributed by atoms with Gasteiger partial charge in [-0.25, -0.2) is 8.42 Å². The highest BCUT2D eigenvalue weighted by Crippen LogP contribution is 2.18. The Bertz CT molecular complexity index is 437. The zero-order valence-electron chi connectivity index (χ0n) is 9.38. The molecule has 0 heterocycles. The van der Waals surface area contributed by atoms with Gasteiger partial charge >= 0.3 is 0 Å². The van der Waals surface area contributed by atoms with Crippen molar-refractivity contribution in [1.29, 1.82) is 0 Å². The zero-order chi connectivity index (χ0) is 12.2. The molecule has 1 rings (SSSR count). The van der Waals surface area contributed by atoms with Gasteiger partial charge in [0.05, 0.1) is 11.9 Å². The van der Waals surface area contributed by atoms with Crippen molar-refractivity contribution in [2.45, 2.75) is 13.0 Å². The van der Waals surface area contributed by atoms with Crippen LogP contribution in [0.25, 0.3) is 0 Å². The van der Waals surface area contributed by atoms with E-state index in [9.17, 15) is 13.5 Å². The van der Waals surface area contributed by atoms with Crippen LogP contribution in [-0.2, 0) is 9.84 Å². The summed E-state index contributed by atoms with van der Waals surface area (Å²) in [6.07, 6.45) is 0.612. The molecule has 0 fully saturated rings. The molecule has 1 atom stereocenters. The monoisotopic (exact) mass is 244 g/mol. The second kappa shape index (κ2) is 5.32. The number of hydrogen-bond acceptors (Lipinski definition) is 4. The van der Waals surface area contributed by atoms with Crippen molar-refractivity contribution in [3.63, 3.8) is 0 Å². The van der Waals surface area contributed by atoms with Gasteiger partial charge in [0.1, 0.15) is 12.4 Å². The van der Waals surface area contributed by atoms with Gasteiger partial charge in [-0.15, -0.1) is 0 Å². The minimum atomic E-state index is -3.00. The third kappa shape index (κ3) is 4.63. The third-order valence-corrected chi connectivity index (χ3v) is 2.97. The van der Waals surface area contributed by atoms with Crippen LogP contribution in [-0.4, -0.2) is 32.1 Å². The Kier molecular flexibility index (Phi) is 4.32. The first-order chi connectivity index (χ1) is 7.38. The van der Waals surface area contributed by atoms with Gasteiger partial charge in [0.15, 0.2) is 9.84 Å². The van der Waals surface area contributed by atoms with E-state index in [0.29, 0.717) is 5.75 Å². The maximum absolute atomic E-state index is 10.9. The molecule has 0 saturated heterocycles. The number of aliphatic hydroxyl groups is 1. The molecule has 0 radical (unpaired) electrons. The molecule has 16 heavy (non-hydrogen) atoms. The van der Waals surface area contributed by atoms with Gasteiger partial charge in [0, 0.05) is 6.26 Å². The largest absolute Gasteiger partial charge is 0.493 e. The van der Waals surface area contributed by atoms with Crippen LogP contribution in [0.15, 0.2) is 24.3 Å². The van der Waals surface area contributed by atoms with E-state index >= 15 is 0 Å². The van der Waals surface area contributed by atoms with Crippen molar-refractivity contribution in [2.24, 2.45) is 0 Å². The number of rotatable bonds is 5. The van der Waals surface area contributed by atoms with Gasteiger partial charge in [0.2, 0.25) is 0 Å². The number of hydrogen-bond donors (Lipinski definition) is 1. The standard InChI is InChI=1S/C11H16O4S/c1-9(12)10-4-3-5-11(8-10)15-6-7-16(2,13)14/h3-5,8-9,12H,6-7H2,1-2H3. The molecule has 0 spiro atoms. The van der Waals surface area contributed by atoms with E-state index < -0.39 is 15.9 Å². The zero-order valence-corrected chi connectivity index (χ0v) is 10.2. The molecule has 1 N–H and O–H groups in total. The molecule has 0 aliphatic heterocycles. The molecule has 1 aromatic rings. The second-order valence-corrected chi connectivity index (χ2v) is 5.99. The smallest absolute Gasteiger partial charge is 0.150 e. The fourth-order valence-corrected chi connectivity index (χ4v) is 1.56. The van der Waals surface area contributed by atoms with E-state index in [2.05, 4.69) is 0 Å². The van der Waals surface area contributed by atoms with Crippen molar-refractivity contribution in [2.75, 3.05) is 18.6 Å². The molecule has 0 aliphatic carbocycles. The first kappa shape index (κ1) is 13.0. The van der Waals surface area contributed by atoms with Crippen LogP contribution in [0.1, 0.15) is 18.6 Å². The van der Waals surface area contributed by atoms with E-state index in [-0.39, 0.29) is 12.4 Å². The van der Waals surface area contributed by atoms with Crippen LogP contribution in [0.2, 0.25) is 0 Å². The lowest BCUT2D eigenvalue weighted by Gasteiger charge is -2.08. The van der Waals surface area contributed by atoms with Crippen molar-refractivity contribution in [1.82, 2.24) is 0 Å². The summed E-state index contributed by atoms with van der Waals surface area (Å²) in [4.78, 5) is 0. The number of ether oxygens (including phenoxy) is 1. The highest BCUT2D eigenvalue weighted by Gasteiger charge is 2.04. The average molecular weight is 244 g/mol. The molecular formula is C11H16O4S. The molecule has 0 saturated carbocycles. The third-order valence-electron chi connectivity index (χ3n) is 2.06. The fourth-order valence-electron chi connectivity index (χ4n) is 1.18. The Hall–Kier alpha value is -1.07. The first-order valence-electron chi connectivity index (χ1n) is 4.97. The Labute approximate surface area is 95.8 Å². The van der Waals surface area contributed by atoms with Gasteiger partial charge in [-0.2, -0.15) is 0 Å². The first-order valence-corrected chi connectivity index (χ1v) is 7.03. The van der Waals surface area contributed by atoms with E-state index in [1.54, 1.807) is 31.2 Å². The summed E-state index contributed by atoms with van der Waals surface area (Å²) in [5.74, 6) is 0.563. The average Bonchev–Trinajstić information content (AvgIpc) is 2.16. The molecule has 0 aromatic heterocycles.